The van der Waals surface area contributed by atoms with Crippen molar-refractivity contribution in [1.29, 1.82) is 0 Å². The summed E-state index contributed by atoms with van der Waals surface area (Å²) in [5.41, 5.74) is 3.14. The molecule has 1 atom stereocenters. The van der Waals surface area contributed by atoms with Gasteiger partial charge < -0.3 is 4.90 Å². The van der Waals surface area contributed by atoms with Crippen LogP contribution in [0, 0.1) is 18.6 Å². The summed E-state index contributed by atoms with van der Waals surface area (Å²) < 4.78 is 26.7. The van der Waals surface area contributed by atoms with Crippen molar-refractivity contribution in [2.75, 3.05) is 11.4 Å². The molecule has 6 heteroatoms. The van der Waals surface area contributed by atoms with Crippen LogP contribution >= 0.6 is 11.3 Å². The van der Waals surface area contributed by atoms with Crippen LogP contribution in [0.25, 0.3) is 10.6 Å². The minimum Gasteiger partial charge on any atom is -0.307 e. The molecule has 2 aromatic carbocycles. The molecule has 0 aliphatic carbocycles. The highest BCUT2D eigenvalue weighted by Gasteiger charge is 2.32. The molecule has 1 aliphatic heterocycles. The number of carbonyl (C=O) groups excluding carboxylic acids is 1. The molecule has 0 radical (unpaired) electrons. The minimum absolute atomic E-state index is 0.106. The Labute approximate surface area is 153 Å². The highest BCUT2D eigenvalue weighted by molar-refractivity contribution is 7.17. The first-order valence-electron chi connectivity index (χ1n) is 8.29. The molecule has 4 rings (SSSR count). The summed E-state index contributed by atoms with van der Waals surface area (Å²) in [5.74, 6) is -1.66. The van der Waals surface area contributed by atoms with Gasteiger partial charge in [-0.25, -0.2) is 13.8 Å². The Morgan fingerprint density at radius 3 is 2.73 bits per heavy atom. The van der Waals surface area contributed by atoms with Crippen LogP contribution in [0.1, 0.15) is 33.8 Å². The molecule has 26 heavy (non-hydrogen) atoms. The van der Waals surface area contributed by atoms with Gasteiger partial charge in [0.05, 0.1) is 5.69 Å². The molecule has 1 unspecified atom stereocenters. The number of aryl methyl sites for hydroxylation is 1. The van der Waals surface area contributed by atoms with Gasteiger partial charge in [-0.3, -0.25) is 4.79 Å². The third-order valence-electron chi connectivity index (χ3n) is 4.62. The quantitative estimate of drug-likeness (QED) is 0.624. The second-order valence-corrected chi connectivity index (χ2v) is 7.44. The smallest absolute Gasteiger partial charge is 0.270 e. The standard InChI is InChI=1S/C20H16F2N2OS/c1-11-10-24(17-6-4-3-5-14(11)17)20(25)18-12(2)23-19(26-18)13-7-8-15(21)16(22)9-13/h3-9,11H,10H2,1-2H3. The summed E-state index contributed by atoms with van der Waals surface area (Å²) in [6.07, 6.45) is 0. The van der Waals surface area contributed by atoms with Crippen molar-refractivity contribution in [3.05, 3.63) is 70.2 Å². The van der Waals surface area contributed by atoms with E-state index in [1.54, 1.807) is 11.8 Å². The predicted molar refractivity (Wildman–Crippen MR) is 98.7 cm³/mol. The van der Waals surface area contributed by atoms with E-state index < -0.39 is 11.6 Å². The van der Waals surface area contributed by atoms with Gasteiger partial charge in [-0.15, -0.1) is 11.3 Å². The third kappa shape index (κ3) is 2.70. The zero-order valence-corrected chi connectivity index (χ0v) is 15.1. The Kier molecular flexibility index (Phi) is 4.07. The number of nitrogens with zero attached hydrogens (tertiary/aromatic N) is 2. The SMILES string of the molecule is Cc1nc(-c2ccc(F)c(F)c2)sc1C(=O)N1CC(C)c2ccccc21. The van der Waals surface area contributed by atoms with Crippen LogP contribution in [-0.2, 0) is 0 Å². The summed E-state index contributed by atoms with van der Waals surface area (Å²) in [7, 11) is 0. The Morgan fingerprint density at radius 2 is 1.96 bits per heavy atom. The second kappa shape index (κ2) is 6.29. The third-order valence-corrected chi connectivity index (χ3v) is 5.81. The maximum Gasteiger partial charge on any atom is 0.270 e. The number of rotatable bonds is 2. The lowest BCUT2D eigenvalue weighted by Gasteiger charge is -2.16. The first kappa shape index (κ1) is 16.8. The van der Waals surface area contributed by atoms with Gasteiger partial charge >= 0.3 is 0 Å². The maximum atomic E-state index is 13.5. The van der Waals surface area contributed by atoms with Crippen LogP contribution in [0.5, 0.6) is 0 Å². The second-order valence-electron chi connectivity index (χ2n) is 6.44. The van der Waals surface area contributed by atoms with E-state index in [1.807, 2.05) is 24.3 Å². The van der Waals surface area contributed by atoms with Crippen molar-refractivity contribution in [3.8, 4) is 10.6 Å². The number of halogens is 2. The molecule has 0 spiro atoms. The van der Waals surface area contributed by atoms with E-state index >= 15 is 0 Å². The first-order valence-corrected chi connectivity index (χ1v) is 9.11. The maximum absolute atomic E-state index is 13.5. The van der Waals surface area contributed by atoms with Gasteiger partial charge in [0.15, 0.2) is 11.6 Å². The van der Waals surface area contributed by atoms with Crippen LogP contribution in [0.2, 0.25) is 0 Å². The molecular formula is C20H16F2N2OS. The van der Waals surface area contributed by atoms with E-state index in [-0.39, 0.29) is 11.8 Å². The van der Waals surface area contributed by atoms with Gasteiger partial charge in [-0.05, 0) is 36.8 Å². The molecule has 0 saturated carbocycles. The van der Waals surface area contributed by atoms with E-state index in [9.17, 15) is 13.6 Å². The first-order chi connectivity index (χ1) is 12.5. The van der Waals surface area contributed by atoms with Crippen molar-refractivity contribution in [1.82, 2.24) is 4.98 Å². The van der Waals surface area contributed by atoms with Gasteiger partial charge in [0.25, 0.3) is 5.91 Å². The highest BCUT2D eigenvalue weighted by Crippen LogP contribution is 2.38. The molecule has 3 nitrogen and oxygen atoms in total. The van der Waals surface area contributed by atoms with E-state index in [0.717, 1.165) is 23.4 Å². The number of fused-ring (bicyclic) bond motifs is 1. The summed E-state index contributed by atoms with van der Waals surface area (Å²) in [4.78, 5) is 19.8. The lowest BCUT2D eigenvalue weighted by Crippen LogP contribution is -2.29. The fourth-order valence-electron chi connectivity index (χ4n) is 3.28. The predicted octanol–water partition coefficient (Wildman–Crippen LogP) is 5.16. The molecule has 1 aliphatic rings. The molecule has 1 amide bonds. The van der Waals surface area contributed by atoms with Crippen molar-refractivity contribution >= 4 is 22.9 Å². The van der Waals surface area contributed by atoms with Gasteiger partial charge in [-0.2, -0.15) is 0 Å². The largest absolute Gasteiger partial charge is 0.307 e. The molecule has 0 saturated heterocycles. The average Bonchev–Trinajstić information content (AvgIpc) is 3.18. The van der Waals surface area contributed by atoms with E-state index in [2.05, 4.69) is 11.9 Å². The van der Waals surface area contributed by atoms with Crippen LogP contribution in [0.4, 0.5) is 14.5 Å². The summed E-state index contributed by atoms with van der Waals surface area (Å²) in [6, 6.07) is 11.5. The number of amides is 1. The Morgan fingerprint density at radius 1 is 1.19 bits per heavy atom. The van der Waals surface area contributed by atoms with E-state index in [4.69, 9.17) is 0 Å². The van der Waals surface area contributed by atoms with E-state index in [0.29, 0.717) is 27.7 Å². The van der Waals surface area contributed by atoms with Crippen LogP contribution in [0.15, 0.2) is 42.5 Å². The monoisotopic (exact) mass is 370 g/mol. The molecule has 1 aromatic heterocycles. The number of hydrogen-bond acceptors (Lipinski definition) is 3. The normalized spacial score (nSPS) is 16.0. The Hall–Kier alpha value is -2.60. The molecular weight excluding hydrogens is 354 g/mol. The van der Waals surface area contributed by atoms with Gasteiger partial charge in [0.2, 0.25) is 0 Å². The van der Waals surface area contributed by atoms with Gasteiger partial charge in [0, 0.05) is 23.7 Å². The number of hydrogen-bond donors (Lipinski definition) is 0. The average molecular weight is 370 g/mol. The number of thiazole rings is 1. The summed E-state index contributed by atoms with van der Waals surface area (Å²) in [6.45, 7) is 4.48. The summed E-state index contributed by atoms with van der Waals surface area (Å²) >= 11 is 1.21. The number of anilines is 1. The van der Waals surface area contributed by atoms with Gasteiger partial charge in [0.1, 0.15) is 9.88 Å². The molecule has 2 heterocycles. The Bertz CT molecular complexity index is 1010. The number of aromatic nitrogens is 1. The topological polar surface area (TPSA) is 33.2 Å². The zero-order valence-electron chi connectivity index (χ0n) is 14.3. The molecule has 3 aromatic rings. The van der Waals surface area contributed by atoms with Crippen LogP contribution in [0.3, 0.4) is 0 Å². The molecule has 0 N–H and O–H groups in total. The fourth-order valence-corrected chi connectivity index (χ4v) is 4.29. The van der Waals surface area contributed by atoms with Crippen LogP contribution in [-0.4, -0.2) is 17.4 Å². The van der Waals surface area contributed by atoms with E-state index in [1.165, 1.54) is 17.4 Å². The van der Waals surface area contributed by atoms with Crippen molar-refractivity contribution in [2.45, 2.75) is 19.8 Å². The number of benzene rings is 2. The fraction of sp³-hybridized carbons (Fsp3) is 0.200. The molecule has 132 valence electrons. The zero-order chi connectivity index (χ0) is 18.4. The van der Waals surface area contributed by atoms with Crippen molar-refractivity contribution < 1.29 is 13.6 Å². The van der Waals surface area contributed by atoms with Crippen LogP contribution < -0.4 is 4.90 Å². The number of carbonyl (C=O) groups is 1. The van der Waals surface area contributed by atoms with Crippen molar-refractivity contribution in [3.63, 3.8) is 0 Å². The molecule has 0 bridgehead atoms. The van der Waals surface area contributed by atoms with Gasteiger partial charge in [-0.1, -0.05) is 25.1 Å². The highest BCUT2D eigenvalue weighted by atomic mass is 32.1. The summed E-state index contributed by atoms with van der Waals surface area (Å²) in [5, 5.41) is 0.505. The molecule has 0 fully saturated rings. The van der Waals surface area contributed by atoms with Crippen molar-refractivity contribution in [2.24, 2.45) is 0 Å². The minimum atomic E-state index is -0.925. The Balaban J connectivity index is 1.70. The number of para-hydroxylation sites is 1. The lowest BCUT2D eigenvalue weighted by molar-refractivity contribution is 0.0991. The lowest BCUT2D eigenvalue weighted by atomic mass is 10.0.